The molecular weight excluding hydrogens is 460 g/mol. The molecule has 0 saturated carbocycles. The maximum atomic E-state index is 12.0. The molecule has 2 saturated heterocycles. The Bertz CT molecular complexity index is 1220. The molecule has 1 N–H and O–H groups in total. The Morgan fingerprint density at radius 3 is 2.61 bits per heavy atom. The van der Waals surface area contributed by atoms with E-state index in [1.807, 2.05) is 31.2 Å². The Hall–Kier alpha value is -2.94. The van der Waals surface area contributed by atoms with Crippen LogP contribution < -0.4 is 4.90 Å². The molecule has 0 radical (unpaired) electrons. The lowest BCUT2D eigenvalue weighted by molar-refractivity contribution is -0.0815. The average molecular weight is 493 g/mol. The third-order valence-corrected chi connectivity index (χ3v) is 8.66. The summed E-state index contributed by atoms with van der Waals surface area (Å²) >= 11 is 0. The van der Waals surface area contributed by atoms with E-state index in [0.29, 0.717) is 24.3 Å². The highest BCUT2D eigenvalue weighted by Crippen LogP contribution is 2.43. The van der Waals surface area contributed by atoms with Crippen molar-refractivity contribution in [3.05, 3.63) is 63.7 Å². The number of ether oxygens (including phenoxy) is 3. The Morgan fingerprint density at radius 1 is 1.08 bits per heavy atom. The number of β-amino-alcohol motifs (C(OH)–C–C–N with tert-alkyl or cyclic N) is 1. The average Bonchev–Trinajstić information content (AvgIpc) is 3.57. The number of nitrogens with zero attached hydrogens (tertiary/aromatic N) is 2. The van der Waals surface area contributed by atoms with E-state index in [1.165, 1.54) is 0 Å². The highest BCUT2D eigenvalue weighted by Gasteiger charge is 2.41. The van der Waals surface area contributed by atoms with Gasteiger partial charge >= 0.3 is 11.9 Å². The molecule has 0 bridgehead atoms. The van der Waals surface area contributed by atoms with Gasteiger partial charge in [0.1, 0.15) is 6.61 Å². The summed E-state index contributed by atoms with van der Waals surface area (Å²) in [6.45, 7) is 6.74. The van der Waals surface area contributed by atoms with E-state index >= 15 is 0 Å². The molecule has 2 atom stereocenters. The van der Waals surface area contributed by atoms with Gasteiger partial charge in [-0.05, 0) is 80.1 Å². The summed E-state index contributed by atoms with van der Waals surface area (Å²) in [5.74, 6) is -0.603. The van der Waals surface area contributed by atoms with Crippen molar-refractivity contribution in [3.8, 4) is 0 Å². The Balaban J connectivity index is 1.08. The highest BCUT2D eigenvalue weighted by molar-refractivity contribution is 5.94. The number of carbonyl (C=O) groups is 2. The fraction of sp³-hybridized carbons (Fsp3) is 0.500. The van der Waals surface area contributed by atoms with Crippen LogP contribution in [-0.2, 0) is 20.8 Å². The maximum Gasteiger partial charge on any atom is 0.341 e. The summed E-state index contributed by atoms with van der Waals surface area (Å²) in [4.78, 5) is 28.6. The first-order chi connectivity index (χ1) is 17.4. The van der Waals surface area contributed by atoms with Crippen molar-refractivity contribution in [2.75, 3.05) is 44.7 Å². The van der Waals surface area contributed by atoms with Crippen LogP contribution in [0.1, 0.15) is 74.6 Å². The molecule has 2 aromatic rings. The van der Waals surface area contributed by atoms with E-state index in [4.69, 9.17) is 14.2 Å². The smallest absolute Gasteiger partial charge is 0.341 e. The number of likely N-dealkylation sites (tertiary alicyclic amines) is 1. The number of aliphatic hydroxyl groups excluding tert-OH is 1. The van der Waals surface area contributed by atoms with Gasteiger partial charge in [0.05, 0.1) is 17.2 Å². The van der Waals surface area contributed by atoms with E-state index in [2.05, 4.69) is 9.80 Å². The van der Waals surface area contributed by atoms with Gasteiger partial charge in [0.25, 0.3) is 0 Å². The number of hydrogen-bond donors (Lipinski definition) is 1. The van der Waals surface area contributed by atoms with Crippen LogP contribution in [0.25, 0.3) is 0 Å². The van der Waals surface area contributed by atoms with E-state index in [0.717, 1.165) is 73.4 Å². The van der Waals surface area contributed by atoms with Gasteiger partial charge in [-0.25, -0.2) is 9.59 Å². The molecule has 8 heteroatoms. The minimum absolute atomic E-state index is 0.272. The number of fused-ring (bicyclic) bond motifs is 2. The number of cyclic esters (lactones) is 2. The lowest BCUT2D eigenvalue weighted by Crippen LogP contribution is -2.43. The topological polar surface area (TPSA) is 88.5 Å². The molecule has 8 nitrogen and oxygen atoms in total. The first-order valence-corrected chi connectivity index (χ1v) is 12.7. The monoisotopic (exact) mass is 492 g/mol. The molecule has 1 unspecified atom stereocenters. The third kappa shape index (κ3) is 3.88. The molecule has 1 spiro atoms. The second-order valence-corrected chi connectivity index (χ2v) is 10.6. The minimum atomic E-state index is -0.624. The molecule has 2 aromatic carbocycles. The predicted molar refractivity (Wildman–Crippen MR) is 132 cm³/mol. The number of benzene rings is 2. The summed E-state index contributed by atoms with van der Waals surface area (Å²) in [7, 11) is 1.55. The van der Waals surface area contributed by atoms with Crippen molar-refractivity contribution in [2.45, 2.75) is 45.2 Å². The summed E-state index contributed by atoms with van der Waals surface area (Å²) in [5, 5.41) is 11.0. The van der Waals surface area contributed by atoms with Crippen molar-refractivity contribution in [3.63, 3.8) is 0 Å². The van der Waals surface area contributed by atoms with Gasteiger partial charge in [-0.2, -0.15) is 0 Å². The Kier molecular flexibility index (Phi) is 5.78. The summed E-state index contributed by atoms with van der Waals surface area (Å²) in [5.41, 5.74) is 6.14. The number of rotatable bonds is 5. The molecule has 0 aliphatic carbocycles. The minimum Gasteiger partial charge on any atom is -0.457 e. The zero-order valence-electron chi connectivity index (χ0n) is 20.8. The molecule has 0 amide bonds. The molecular formula is C28H32N2O6. The second kappa shape index (κ2) is 8.87. The van der Waals surface area contributed by atoms with Crippen LogP contribution in [0, 0.1) is 12.3 Å². The van der Waals surface area contributed by atoms with Crippen LogP contribution in [-0.4, -0.2) is 61.8 Å². The zero-order valence-corrected chi connectivity index (χ0v) is 20.8. The van der Waals surface area contributed by atoms with Gasteiger partial charge in [-0.15, -0.1) is 0 Å². The Morgan fingerprint density at radius 2 is 1.83 bits per heavy atom. The molecule has 2 fully saturated rings. The SMILES string of the molecule is COC1OC(=O)c2ccc(N3CCC4(CCN(C[C@H](O)c5ccc6c(c5C)COC6=O)CC4)C3)cc21. The van der Waals surface area contributed by atoms with E-state index in [1.54, 1.807) is 13.2 Å². The molecule has 4 heterocycles. The van der Waals surface area contributed by atoms with Crippen molar-refractivity contribution in [1.29, 1.82) is 0 Å². The summed E-state index contributed by atoms with van der Waals surface area (Å²) in [6, 6.07) is 9.56. The summed E-state index contributed by atoms with van der Waals surface area (Å²) in [6.07, 6.45) is 2.11. The van der Waals surface area contributed by atoms with Gasteiger partial charge in [0, 0.05) is 43.6 Å². The zero-order chi connectivity index (χ0) is 25.0. The second-order valence-electron chi connectivity index (χ2n) is 10.6. The van der Waals surface area contributed by atoms with Crippen LogP contribution >= 0.6 is 0 Å². The number of carbonyl (C=O) groups excluding carboxylic acids is 2. The number of esters is 2. The molecule has 4 aliphatic rings. The van der Waals surface area contributed by atoms with Crippen molar-refractivity contribution in [1.82, 2.24) is 4.90 Å². The lowest BCUT2D eigenvalue weighted by atomic mass is 9.77. The molecule has 36 heavy (non-hydrogen) atoms. The fourth-order valence-electron chi connectivity index (χ4n) is 6.37. The molecule has 6 rings (SSSR count). The Labute approximate surface area is 210 Å². The third-order valence-electron chi connectivity index (χ3n) is 8.66. The van der Waals surface area contributed by atoms with Crippen molar-refractivity contribution in [2.24, 2.45) is 5.41 Å². The quantitative estimate of drug-likeness (QED) is 0.635. The van der Waals surface area contributed by atoms with Crippen LogP contribution in [0.3, 0.4) is 0 Å². The predicted octanol–water partition coefficient (Wildman–Crippen LogP) is 3.51. The van der Waals surface area contributed by atoms with E-state index < -0.39 is 12.4 Å². The first kappa shape index (κ1) is 23.5. The van der Waals surface area contributed by atoms with Gasteiger partial charge in [-0.1, -0.05) is 6.07 Å². The number of aliphatic hydroxyl groups is 1. The number of anilines is 1. The van der Waals surface area contributed by atoms with Gasteiger partial charge in [0.15, 0.2) is 0 Å². The molecule has 190 valence electrons. The van der Waals surface area contributed by atoms with Crippen LogP contribution in [0.15, 0.2) is 30.3 Å². The summed E-state index contributed by atoms with van der Waals surface area (Å²) < 4.78 is 15.8. The van der Waals surface area contributed by atoms with Crippen molar-refractivity contribution < 1.29 is 28.9 Å². The first-order valence-electron chi connectivity index (χ1n) is 12.7. The van der Waals surface area contributed by atoms with Crippen LogP contribution in [0.4, 0.5) is 5.69 Å². The van der Waals surface area contributed by atoms with Gasteiger partial charge < -0.3 is 29.1 Å². The van der Waals surface area contributed by atoms with Crippen LogP contribution in [0.5, 0.6) is 0 Å². The number of methoxy groups -OCH3 is 1. The number of hydrogen-bond acceptors (Lipinski definition) is 8. The number of piperidine rings is 1. The van der Waals surface area contributed by atoms with Gasteiger partial charge in [-0.3, -0.25) is 0 Å². The van der Waals surface area contributed by atoms with E-state index in [-0.39, 0.29) is 17.4 Å². The van der Waals surface area contributed by atoms with Gasteiger partial charge in [0.2, 0.25) is 6.29 Å². The lowest BCUT2D eigenvalue weighted by Gasteiger charge is -2.40. The highest BCUT2D eigenvalue weighted by atomic mass is 16.7. The van der Waals surface area contributed by atoms with Crippen molar-refractivity contribution >= 4 is 17.6 Å². The normalized spacial score (nSPS) is 23.5. The standard InChI is InChI=1S/C28H32N2O6/c1-17-19(5-6-21-23(17)15-35-25(21)32)24(31)14-29-10-7-28(8-11-29)9-12-30(16-28)18-3-4-20-22(13-18)27(34-2)36-26(20)33/h3-6,13,24,27,31H,7-12,14-16H2,1-2H3/t24-,27?/m0/s1. The van der Waals surface area contributed by atoms with E-state index in [9.17, 15) is 14.7 Å². The maximum absolute atomic E-state index is 12.0. The van der Waals surface area contributed by atoms with Crippen LogP contribution in [0.2, 0.25) is 0 Å². The molecule has 4 aliphatic heterocycles. The molecule has 0 aromatic heterocycles. The fourth-order valence-corrected chi connectivity index (χ4v) is 6.37. The largest absolute Gasteiger partial charge is 0.457 e.